The summed E-state index contributed by atoms with van der Waals surface area (Å²) in [7, 11) is 0. The topological polar surface area (TPSA) is 72.7 Å². The molecule has 0 aliphatic heterocycles. The predicted molar refractivity (Wildman–Crippen MR) is 46.6 cm³/mol. The second-order valence-electron chi connectivity index (χ2n) is 2.43. The molecule has 0 N–H and O–H groups in total. The van der Waals surface area contributed by atoms with Gasteiger partial charge in [0, 0.05) is 6.92 Å². The average Bonchev–Trinajstić information content (AvgIpc) is 2.15. The fraction of sp³-hybridized carbons (Fsp3) is 0.125. The van der Waals surface area contributed by atoms with Gasteiger partial charge in [0.25, 0.3) is 0 Å². The lowest BCUT2D eigenvalue weighted by Crippen LogP contribution is -2.37. The molecule has 1 rings (SSSR count). The fourth-order valence-electron chi connectivity index (χ4n) is 0.794. The molecule has 0 heterocycles. The summed E-state index contributed by atoms with van der Waals surface area (Å²) in [4.78, 5) is 25.8. The lowest BCUT2D eigenvalue weighted by Gasteiger charge is -2.09. The van der Waals surface area contributed by atoms with E-state index in [1.54, 1.807) is 18.2 Å². The minimum absolute atomic E-state index is 0.0787. The maximum Gasteiger partial charge on any atom is 0.324 e. The van der Waals surface area contributed by atoms with Crippen molar-refractivity contribution in [3.8, 4) is 5.75 Å². The number of hydrazine groups is 1. The van der Waals surface area contributed by atoms with E-state index in [0.717, 1.165) is 6.92 Å². The molecule has 0 unspecified atom stereocenters. The van der Waals surface area contributed by atoms with Crippen molar-refractivity contribution in [1.29, 1.82) is 0 Å². The highest BCUT2D eigenvalue weighted by Crippen LogP contribution is 2.10. The molecule has 0 aromatic heterocycles. The number of para-hydroxylation sites is 1. The van der Waals surface area contributed by atoms with Gasteiger partial charge in [-0.1, -0.05) is 18.2 Å². The zero-order chi connectivity index (χ0) is 10.6. The Morgan fingerprint density at radius 3 is 2.43 bits per heavy atom. The van der Waals surface area contributed by atoms with Gasteiger partial charge < -0.3 is 4.84 Å². The molecule has 6 heteroatoms. The largest absolute Gasteiger partial charge is 0.324 e. The molecule has 0 atom stereocenters. The van der Waals surface area contributed by atoms with Crippen LogP contribution in [0, 0.1) is 10.1 Å². The van der Waals surface area contributed by atoms with Crippen molar-refractivity contribution in [2.45, 2.75) is 6.92 Å². The van der Waals surface area contributed by atoms with E-state index >= 15 is 0 Å². The van der Waals surface area contributed by atoms with Crippen molar-refractivity contribution < 1.29 is 14.7 Å². The zero-order valence-electron chi connectivity index (χ0n) is 7.41. The van der Waals surface area contributed by atoms with Crippen LogP contribution < -0.4 is 4.84 Å². The van der Waals surface area contributed by atoms with E-state index in [9.17, 15) is 14.9 Å². The van der Waals surface area contributed by atoms with E-state index < -0.39 is 10.9 Å². The first kappa shape index (κ1) is 9.97. The van der Waals surface area contributed by atoms with Crippen molar-refractivity contribution in [2.24, 2.45) is 0 Å². The first-order valence-corrected chi connectivity index (χ1v) is 3.79. The molecular formula is C8H8N2O4. The van der Waals surface area contributed by atoms with E-state index in [-0.39, 0.29) is 10.9 Å². The monoisotopic (exact) mass is 196 g/mol. The van der Waals surface area contributed by atoms with E-state index in [2.05, 4.69) is 0 Å². The lowest BCUT2D eigenvalue weighted by molar-refractivity contribution is -0.694. The van der Waals surface area contributed by atoms with Crippen molar-refractivity contribution in [3.63, 3.8) is 0 Å². The van der Waals surface area contributed by atoms with Crippen molar-refractivity contribution >= 4 is 5.91 Å². The third-order valence-corrected chi connectivity index (χ3v) is 1.35. The Morgan fingerprint density at radius 2 is 2.00 bits per heavy atom. The van der Waals surface area contributed by atoms with Gasteiger partial charge in [-0.2, -0.15) is 0 Å². The predicted octanol–water partition coefficient (Wildman–Crippen LogP) is 1.02. The molecule has 0 aliphatic carbocycles. The van der Waals surface area contributed by atoms with E-state index in [4.69, 9.17) is 4.84 Å². The van der Waals surface area contributed by atoms with Crippen LogP contribution in [0.5, 0.6) is 5.75 Å². The van der Waals surface area contributed by atoms with Gasteiger partial charge in [0.05, 0.1) is 0 Å². The number of hydrogen-bond acceptors (Lipinski definition) is 4. The third kappa shape index (κ3) is 2.44. The quantitative estimate of drug-likeness (QED) is 0.534. The zero-order valence-corrected chi connectivity index (χ0v) is 7.41. The summed E-state index contributed by atoms with van der Waals surface area (Å²) in [6.07, 6.45) is 0. The molecule has 0 bridgehead atoms. The number of carbonyl (C=O) groups is 1. The van der Waals surface area contributed by atoms with Crippen LogP contribution in [0.1, 0.15) is 6.92 Å². The van der Waals surface area contributed by atoms with Gasteiger partial charge in [-0.3, -0.25) is 4.79 Å². The number of hydrogen-bond donors (Lipinski definition) is 0. The molecule has 74 valence electrons. The molecule has 0 radical (unpaired) electrons. The maximum atomic E-state index is 10.7. The molecule has 0 aliphatic rings. The average molecular weight is 196 g/mol. The molecule has 0 saturated heterocycles. The van der Waals surface area contributed by atoms with Crippen molar-refractivity contribution in [3.05, 3.63) is 40.4 Å². The van der Waals surface area contributed by atoms with E-state index in [1.807, 2.05) is 0 Å². The van der Waals surface area contributed by atoms with Crippen LogP contribution in [0.2, 0.25) is 0 Å². The van der Waals surface area contributed by atoms with Gasteiger partial charge in [-0.25, -0.2) is 10.1 Å². The second kappa shape index (κ2) is 4.22. The van der Waals surface area contributed by atoms with E-state index in [0.29, 0.717) is 0 Å². The van der Waals surface area contributed by atoms with E-state index in [1.165, 1.54) is 12.1 Å². The van der Waals surface area contributed by atoms with Crippen LogP contribution in [-0.2, 0) is 4.79 Å². The van der Waals surface area contributed by atoms with Crippen LogP contribution in [-0.4, -0.2) is 16.1 Å². The van der Waals surface area contributed by atoms with Crippen LogP contribution in [0.4, 0.5) is 0 Å². The third-order valence-electron chi connectivity index (χ3n) is 1.35. The molecule has 0 saturated carbocycles. The molecule has 14 heavy (non-hydrogen) atoms. The highest BCUT2D eigenvalue weighted by atomic mass is 16.8. The first-order chi connectivity index (χ1) is 6.61. The summed E-state index contributed by atoms with van der Waals surface area (Å²) < 4.78 is 0. The Bertz CT molecular complexity index is 324. The molecule has 1 aromatic carbocycles. The maximum absolute atomic E-state index is 10.7. The highest BCUT2D eigenvalue weighted by molar-refractivity contribution is 5.70. The summed E-state index contributed by atoms with van der Waals surface area (Å²) in [6, 6.07) is 8.05. The molecule has 0 fully saturated rings. The molecule has 0 spiro atoms. The SMILES string of the molecule is CC(=O)N(Oc1ccccc1)[N+](=O)[O-]. The number of nitro groups is 1. The van der Waals surface area contributed by atoms with Crippen LogP contribution in [0.15, 0.2) is 30.3 Å². The van der Waals surface area contributed by atoms with Gasteiger partial charge in [-0.05, 0) is 12.1 Å². The Hall–Kier alpha value is -2.11. The van der Waals surface area contributed by atoms with Gasteiger partial charge in [0.2, 0.25) is 5.03 Å². The molecule has 1 amide bonds. The van der Waals surface area contributed by atoms with Gasteiger partial charge in [-0.15, -0.1) is 0 Å². The number of rotatable bonds is 3. The standard InChI is InChI=1S/C8H8N2O4/c1-7(11)9(10(12)13)14-8-5-3-2-4-6-8/h2-6H,1H3. The summed E-state index contributed by atoms with van der Waals surface area (Å²) in [5.41, 5.74) is 0. The smallest absolute Gasteiger partial charge is 0.322 e. The Labute approximate surface area is 79.8 Å². The summed E-state index contributed by atoms with van der Waals surface area (Å²) >= 11 is 0. The highest BCUT2D eigenvalue weighted by Gasteiger charge is 2.22. The number of nitrogens with zero attached hydrogens (tertiary/aromatic N) is 2. The summed E-state index contributed by atoms with van der Waals surface area (Å²) in [5.74, 6) is -0.557. The van der Waals surface area contributed by atoms with Gasteiger partial charge in [0.1, 0.15) is 5.17 Å². The second-order valence-corrected chi connectivity index (χ2v) is 2.43. The van der Waals surface area contributed by atoms with Crippen LogP contribution in [0.25, 0.3) is 0 Å². The normalized spacial score (nSPS) is 9.21. The number of benzene rings is 1. The minimum Gasteiger partial charge on any atom is -0.322 e. The molecular weight excluding hydrogens is 188 g/mol. The molecule has 1 aromatic rings. The Balaban J connectivity index is 2.75. The number of carbonyl (C=O) groups excluding carboxylic acids is 1. The van der Waals surface area contributed by atoms with Crippen molar-refractivity contribution in [2.75, 3.05) is 0 Å². The van der Waals surface area contributed by atoms with Crippen LogP contribution in [0.3, 0.4) is 0 Å². The van der Waals surface area contributed by atoms with Gasteiger partial charge >= 0.3 is 5.91 Å². The number of amides is 1. The first-order valence-electron chi connectivity index (χ1n) is 3.79. The van der Waals surface area contributed by atoms with Gasteiger partial charge in [0.15, 0.2) is 5.75 Å². The summed E-state index contributed by atoms with van der Waals surface area (Å²) in [5, 5.41) is 9.49. The Morgan fingerprint density at radius 1 is 1.43 bits per heavy atom. The Kier molecular flexibility index (Phi) is 3.01. The molecule has 6 nitrogen and oxygen atoms in total. The lowest BCUT2D eigenvalue weighted by atomic mass is 10.3. The summed E-state index contributed by atoms with van der Waals surface area (Å²) in [6.45, 7) is 1.05. The van der Waals surface area contributed by atoms with Crippen LogP contribution >= 0.6 is 0 Å². The fourth-order valence-corrected chi connectivity index (χ4v) is 0.794. The number of hydroxylamine groups is 1. The van der Waals surface area contributed by atoms with Crippen molar-refractivity contribution in [1.82, 2.24) is 5.17 Å². The minimum atomic E-state index is -0.921.